The average Bonchev–Trinajstić information content (AvgIpc) is 3.24. The highest BCUT2D eigenvalue weighted by Gasteiger charge is 2.59. The molecule has 4 N–H and O–H groups in total. The molecule has 1 aliphatic rings. The fourth-order valence-corrected chi connectivity index (χ4v) is 2.74. The lowest BCUT2D eigenvalue weighted by molar-refractivity contribution is -0.160. The van der Waals surface area contributed by atoms with Crippen molar-refractivity contribution in [2.75, 3.05) is 0 Å². The van der Waals surface area contributed by atoms with E-state index in [1.165, 1.54) is 0 Å². The molecule has 0 aliphatic heterocycles. The molecule has 1 aromatic carbocycles. The fraction of sp³-hybridized carbons (Fsp3) is 0.529. The normalized spacial score (nSPS) is 18.6. The molecule has 2 atom stereocenters. The molecule has 1 aliphatic carbocycles. The number of hydrogen-bond acceptors (Lipinski definition) is 5. The molecule has 1 saturated carbocycles. The van der Waals surface area contributed by atoms with Gasteiger partial charge in [0.05, 0.1) is 0 Å². The van der Waals surface area contributed by atoms with Crippen LogP contribution in [0.2, 0.25) is 0 Å². The second-order valence-electron chi connectivity index (χ2n) is 6.97. The summed E-state index contributed by atoms with van der Waals surface area (Å²) < 4.78 is 10.7. The molecule has 1 fully saturated rings. The predicted molar refractivity (Wildman–Crippen MR) is 85.3 cm³/mol. The van der Waals surface area contributed by atoms with Crippen molar-refractivity contribution in [1.29, 1.82) is 0 Å². The van der Waals surface area contributed by atoms with E-state index in [-0.39, 0.29) is 0 Å². The summed E-state index contributed by atoms with van der Waals surface area (Å²) in [5.74, 6) is -0.496. The molecule has 1 amide bonds. The number of esters is 1. The minimum absolute atomic E-state index is 0.496. The first-order valence-corrected chi connectivity index (χ1v) is 7.65. The van der Waals surface area contributed by atoms with Gasteiger partial charge in [0.25, 0.3) is 0 Å². The molecule has 0 heterocycles. The smallest absolute Gasteiger partial charge is 0.405 e. The van der Waals surface area contributed by atoms with Gasteiger partial charge in [0.1, 0.15) is 17.7 Å². The summed E-state index contributed by atoms with van der Waals surface area (Å²) in [5.41, 5.74) is 10.9. The van der Waals surface area contributed by atoms with Crippen LogP contribution in [-0.2, 0) is 14.3 Å². The van der Waals surface area contributed by atoms with Crippen LogP contribution in [0.15, 0.2) is 30.3 Å². The Labute approximate surface area is 136 Å². The van der Waals surface area contributed by atoms with E-state index in [4.69, 9.17) is 20.9 Å². The SMILES string of the molecule is CC(C)(C)OC(=O)C(N)C1(C(OC(N)=O)c2ccccc2)CC1. The van der Waals surface area contributed by atoms with Gasteiger partial charge >= 0.3 is 12.1 Å². The van der Waals surface area contributed by atoms with Crippen molar-refractivity contribution in [1.82, 2.24) is 0 Å². The van der Waals surface area contributed by atoms with Gasteiger partial charge in [-0.1, -0.05) is 30.3 Å². The van der Waals surface area contributed by atoms with Crippen molar-refractivity contribution < 1.29 is 19.1 Å². The number of benzene rings is 1. The Hall–Kier alpha value is -2.08. The van der Waals surface area contributed by atoms with E-state index in [9.17, 15) is 9.59 Å². The van der Waals surface area contributed by atoms with Gasteiger partial charge in [-0.05, 0) is 39.2 Å². The Kier molecular flexibility index (Phi) is 4.66. The van der Waals surface area contributed by atoms with Gasteiger partial charge in [-0.25, -0.2) is 4.79 Å². The summed E-state index contributed by atoms with van der Waals surface area (Å²) in [6.45, 7) is 5.35. The standard InChI is InChI=1S/C17H24N2O4/c1-16(2,3)23-14(20)12(18)17(9-10-17)13(22-15(19)21)11-7-5-4-6-8-11/h4-8,12-13H,9-10,18H2,1-3H3,(H2,19,21). The Morgan fingerprint density at radius 3 is 2.17 bits per heavy atom. The maximum Gasteiger partial charge on any atom is 0.405 e. The van der Waals surface area contributed by atoms with Crippen LogP contribution < -0.4 is 11.5 Å². The third kappa shape index (κ3) is 4.01. The average molecular weight is 320 g/mol. The Balaban J connectivity index is 2.27. The van der Waals surface area contributed by atoms with Crippen LogP contribution in [-0.4, -0.2) is 23.7 Å². The van der Waals surface area contributed by atoms with Gasteiger partial charge < -0.3 is 20.9 Å². The zero-order chi connectivity index (χ0) is 17.3. The van der Waals surface area contributed by atoms with Crippen LogP contribution in [0.1, 0.15) is 45.3 Å². The fourth-order valence-electron chi connectivity index (χ4n) is 2.74. The first-order chi connectivity index (χ1) is 10.7. The molecule has 6 nitrogen and oxygen atoms in total. The summed E-state index contributed by atoms with van der Waals surface area (Å²) in [4.78, 5) is 23.7. The van der Waals surface area contributed by atoms with Crippen molar-refractivity contribution in [3.63, 3.8) is 0 Å². The molecule has 0 aromatic heterocycles. The molecule has 0 bridgehead atoms. The molecule has 0 saturated heterocycles. The molecule has 126 valence electrons. The number of rotatable bonds is 5. The van der Waals surface area contributed by atoms with E-state index in [1.807, 2.05) is 30.3 Å². The van der Waals surface area contributed by atoms with E-state index in [1.54, 1.807) is 20.8 Å². The zero-order valence-corrected chi connectivity index (χ0v) is 13.7. The number of primary amides is 1. The zero-order valence-electron chi connectivity index (χ0n) is 13.7. The molecule has 2 rings (SSSR count). The van der Waals surface area contributed by atoms with Gasteiger partial charge in [0, 0.05) is 5.41 Å². The molecule has 6 heteroatoms. The minimum atomic E-state index is -0.887. The second-order valence-corrected chi connectivity index (χ2v) is 6.97. The van der Waals surface area contributed by atoms with Crippen molar-refractivity contribution in [3.05, 3.63) is 35.9 Å². The highest BCUT2D eigenvalue weighted by atomic mass is 16.6. The lowest BCUT2D eigenvalue weighted by atomic mass is 9.86. The van der Waals surface area contributed by atoms with Crippen molar-refractivity contribution in [2.45, 2.75) is 51.4 Å². The highest BCUT2D eigenvalue weighted by Crippen LogP contribution is 2.58. The number of hydrogen-bond donors (Lipinski definition) is 2. The van der Waals surface area contributed by atoms with Crippen LogP contribution in [0.3, 0.4) is 0 Å². The van der Waals surface area contributed by atoms with Crippen molar-refractivity contribution in [2.24, 2.45) is 16.9 Å². The van der Waals surface area contributed by atoms with Crippen LogP contribution >= 0.6 is 0 Å². The van der Waals surface area contributed by atoms with Gasteiger partial charge in [-0.2, -0.15) is 0 Å². The summed E-state index contributed by atoms with van der Waals surface area (Å²) in [6, 6.07) is 8.30. The topological polar surface area (TPSA) is 105 Å². The van der Waals surface area contributed by atoms with Gasteiger partial charge in [0.2, 0.25) is 0 Å². The van der Waals surface area contributed by atoms with Gasteiger partial charge in [-0.15, -0.1) is 0 Å². The Morgan fingerprint density at radius 2 is 1.74 bits per heavy atom. The van der Waals surface area contributed by atoms with Crippen LogP contribution in [0.25, 0.3) is 0 Å². The largest absolute Gasteiger partial charge is 0.459 e. The molecule has 23 heavy (non-hydrogen) atoms. The van der Waals surface area contributed by atoms with E-state index in [0.717, 1.165) is 5.56 Å². The quantitative estimate of drug-likeness (QED) is 0.810. The van der Waals surface area contributed by atoms with Crippen molar-refractivity contribution in [3.8, 4) is 0 Å². The number of nitrogens with two attached hydrogens (primary N) is 2. The van der Waals surface area contributed by atoms with Crippen molar-refractivity contribution >= 4 is 12.1 Å². The Morgan fingerprint density at radius 1 is 1.17 bits per heavy atom. The lowest BCUT2D eigenvalue weighted by Crippen LogP contribution is -2.47. The summed E-state index contributed by atoms with van der Waals surface area (Å²) in [5, 5.41) is 0. The molecule has 0 spiro atoms. The van der Waals surface area contributed by atoms with Crippen LogP contribution in [0.4, 0.5) is 4.79 Å². The molecular weight excluding hydrogens is 296 g/mol. The van der Waals surface area contributed by atoms with Gasteiger partial charge in [-0.3, -0.25) is 4.79 Å². The minimum Gasteiger partial charge on any atom is -0.459 e. The number of ether oxygens (including phenoxy) is 2. The molecular formula is C17H24N2O4. The molecule has 1 aromatic rings. The van der Waals surface area contributed by atoms with E-state index in [0.29, 0.717) is 12.8 Å². The molecule has 2 unspecified atom stereocenters. The van der Waals surface area contributed by atoms with E-state index >= 15 is 0 Å². The highest BCUT2D eigenvalue weighted by molar-refractivity contribution is 5.78. The maximum atomic E-state index is 12.3. The monoisotopic (exact) mass is 320 g/mol. The first-order valence-electron chi connectivity index (χ1n) is 7.65. The summed E-state index contributed by atoms with van der Waals surface area (Å²) in [7, 11) is 0. The predicted octanol–water partition coefficient (Wildman–Crippen LogP) is 2.27. The first kappa shape index (κ1) is 17.3. The number of carbonyl (C=O) groups excluding carboxylic acids is 2. The summed E-state index contributed by atoms with van der Waals surface area (Å²) >= 11 is 0. The van der Waals surface area contributed by atoms with Gasteiger partial charge in [0.15, 0.2) is 0 Å². The lowest BCUT2D eigenvalue weighted by Gasteiger charge is -2.32. The van der Waals surface area contributed by atoms with Crippen LogP contribution in [0.5, 0.6) is 0 Å². The molecule has 0 radical (unpaired) electrons. The third-order valence-corrected chi connectivity index (χ3v) is 3.97. The second kappa shape index (κ2) is 6.20. The third-order valence-electron chi connectivity index (χ3n) is 3.97. The maximum absolute atomic E-state index is 12.3. The number of amides is 1. The van der Waals surface area contributed by atoms with E-state index < -0.39 is 35.2 Å². The van der Waals surface area contributed by atoms with E-state index in [2.05, 4.69) is 0 Å². The summed E-state index contributed by atoms with van der Waals surface area (Å²) in [6.07, 6.45) is -0.217. The Bertz CT molecular complexity index is 576. The number of carbonyl (C=O) groups is 2. The van der Waals surface area contributed by atoms with Crippen LogP contribution in [0, 0.1) is 5.41 Å².